The van der Waals surface area contributed by atoms with Crippen LogP contribution in [0.2, 0.25) is 0 Å². The number of hydrogen-bond acceptors (Lipinski definition) is 6. The Morgan fingerprint density at radius 1 is 1.11 bits per heavy atom. The maximum Gasteiger partial charge on any atom is 0.262 e. The van der Waals surface area contributed by atoms with Gasteiger partial charge in [0, 0.05) is 25.0 Å². The normalized spacial score (nSPS) is 23.6. The Hall–Kier alpha value is -2.48. The first-order valence-electron chi connectivity index (χ1n) is 9.61. The zero-order valence-electron chi connectivity index (χ0n) is 15.6. The van der Waals surface area contributed by atoms with Gasteiger partial charge in [-0.1, -0.05) is 0 Å². The molecule has 8 nitrogen and oxygen atoms in total. The van der Waals surface area contributed by atoms with Gasteiger partial charge in [-0.3, -0.25) is 4.79 Å². The van der Waals surface area contributed by atoms with Crippen molar-refractivity contribution in [3.63, 3.8) is 0 Å². The number of fused-ring (bicyclic) bond motifs is 1. The number of H-pyrrole nitrogens is 1. The summed E-state index contributed by atoms with van der Waals surface area (Å²) < 4.78 is 13.2. The number of oxazole rings is 1. The number of nitrogens with zero attached hydrogens (tertiary/aromatic N) is 4. The number of ether oxygens (including phenoxy) is 1. The maximum atomic E-state index is 12.6. The third-order valence-corrected chi connectivity index (χ3v) is 6.01. The first-order valence-corrected chi connectivity index (χ1v) is 9.61. The maximum absolute atomic E-state index is 12.6. The molecule has 2 aliphatic rings. The Morgan fingerprint density at radius 3 is 2.56 bits per heavy atom. The minimum atomic E-state index is -0.126. The largest absolute Gasteiger partial charge is 0.445 e. The fourth-order valence-electron chi connectivity index (χ4n) is 4.10. The van der Waals surface area contributed by atoms with E-state index in [2.05, 4.69) is 15.1 Å². The van der Waals surface area contributed by atoms with Gasteiger partial charge in [-0.15, -0.1) is 0 Å². The molecule has 27 heavy (non-hydrogen) atoms. The lowest BCUT2D eigenvalue weighted by Gasteiger charge is -2.33. The van der Waals surface area contributed by atoms with Crippen LogP contribution in [0.25, 0.3) is 11.0 Å². The molecule has 3 aromatic heterocycles. The summed E-state index contributed by atoms with van der Waals surface area (Å²) in [6.45, 7) is 5.32. The summed E-state index contributed by atoms with van der Waals surface area (Å²) in [5, 5.41) is 5.01. The van der Waals surface area contributed by atoms with E-state index in [4.69, 9.17) is 14.1 Å². The SMILES string of the molecule is Cc1nc([C@@H]2CCC2c2nc3c(cnn3C3CCOCC3)c(=O)[nH]2)oc1C. The molecule has 0 bridgehead atoms. The number of aryl methyl sites for hydroxylation is 2. The van der Waals surface area contributed by atoms with E-state index in [1.807, 2.05) is 18.5 Å². The average Bonchev–Trinajstić information content (AvgIpc) is 3.19. The van der Waals surface area contributed by atoms with Crippen LogP contribution in [0, 0.1) is 13.8 Å². The molecule has 1 aliphatic carbocycles. The fraction of sp³-hybridized carbons (Fsp3) is 0.579. The highest BCUT2D eigenvalue weighted by Gasteiger charge is 2.39. The molecule has 5 rings (SSSR count). The average molecular weight is 369 g/mol. The molecule has 0 amide bonds. The van der Waals surface area contributed by atoms with Gasteiger partial charge in [0.2, 0.25) is 0 Å². The molecule has 0 spiro atoms. The van der Waals surface area contributed by atoms with Crippen molar-refractivity contribution < 1.29 is 9.15 Å². The first kappa shape index (κ1) is 16.7. The van der Waals surface area contributed by atoms with E-state index in [0.717, 1.165) is 56.2 Å². The van der Waals surface area contributed by atoms with Gasteiger partial charge in [-0.25, -0.2) is 14.6 Å². The van der Waals surface area contributed by atoms with Gasteiger partial charge in [0.15, 0.2) is 11.5 Å². The molecular weight excluding hydrogens is 346 g/mol. The van der Waals surface area contributed by atoms with Crippen molar-refractivity contribution in [2.75, 3.05) is 13.2 Å². The number of nitrogens with one attached hydrogen (secondary N) is 1. The third-order valence-electron chi connectivity index (χ3n) is 6.01. The van der Waals surface area contributed by atoms with Crippen LogP contribution in [0.3, 0.4) is 0 Å². The van der Waals surface area contributed by atoms with E-state index in [9.17, 15) is 4.79 Å². The van der Waals surface area contributed by atoms with Crippen molar-refractivity contribution in [3.05, 3.63) is 39.7 Å². The Balaban J connectivity index is 1.52. The molecule has 3 aromatic rings. The Morgan fingerprint density at radius 2 is 1.89 bits per heavy atom. The molecule has 1 unspecified atom stereocenters. The van der Waals surface area contributed by atoms with Gasteiger partial charge in [0.05, 0.1) is 17.9 Å². The van der Waals surface area contributed by atoms with Crippen molar-refractivity contribution in [2.24, 2.45) is 0 Å². The molecule has 4 heterocycles. The minimum Gasteiger partial charge on any atom is -0.445 e. The number of aromatic nitrogens is 5. The van der Waals surface area contributed by atoms with Gasteiger partial charge in [0.1, 0.15) is 17.0 Å². The van der Waals surface area contributed by atoms with Crippen LogP contribution in [0.1, 0.15) is 66.7 Å². The van der Waals surface area contributed by atoms with Gasteiger partial charge < -0.3 is 14.1 Å². The lowest BCUT2D eigenvalue weighted by molar-refractivity contribution is 0.0673. The van der Waals surface area contributed by atoms with Crippen LogP contribution in [-0.4, -0.2) is 37.9 Å². The summed E-state index contributed by atoms with van der Waals surface area (Å²) in [5.74, 6) is 2.60. The van der Waals surface area contributed by atoms with Crippen molar-refractivity contribution in [2.45, 2.75) is 57.4 Å². The zero-order chi connectivity index (χ0) is 18.5. The van der Waals surface area contributed by atoms with E-state index in [1.54, 1.807) is 6.20 Å². The lowest BCUT2D eigenvalue weighted by Crippen LogP contribution is -2.27. The fourth-order valence-corrected chi connectivity index (χ4v) is 4.10. The van der Waals surface area contributed by atoms with Crippen LogP contribution in [0.5, 0.6) is 0 Å². The van der Waals surface area contributed by atoms with Crippen LogP contribution < -0.4 is 5.56 Å². The lowest BCUT2D eigenvalue weighted by atomic mass is 9.73. The third kappa shape index (κ3) is 2.70. The van der Waals surface area contributed by atoms with Gasteiger partial charge in [-0.05, 0) is 39.5 Å². The highest BCUT2D eigenvalue weighted by atomic mass is 16.5. The van der Waals surface area contributed by atoms with E-state index in [1.165, 1.54) is 0 Å². The van der Waals surface area contributed by atoms with Crippen LogP contribution in [0.15, 0.2) is 15.4 Å². The zero-order valence-corrected chi connectivity index (χ0v) is 15.6. The first-order chi connectivity index (χ1) is 13.1. The Bertz CT molecular complexity index is 1020. The molecule has 1 N–H and O–H groups in total. The highest BCUT2D eigenvalue weighted by molar-refractivity contribution is 5.73. The molecule has 0 radical (unpaired) electrons. The van der Waals surface area contributed by atoms with Crippen molar-refractivity contribution in [3.8, 4) is 0 Å². The van der Waals surface area contributed by atoms with E-state index < -0.39 is 0 Å². The minimum absolute atomic E-state index is 0.123. The Labute approximate surface area is 156 Å². The molecule has 2 atom stereocenters. The monoisotopic (exact) mass is 369 g/mol. The second-order valence-electron chi connectivity index (χ2n) is 7.61. The summed E-state index contributed by atoms with van der Waals surface area (Å²) in [4.78, 5) is 25.0. The number of hydrogen-bond donors (Lipinski definition) is 1. The summed E-state index contributed by atoms with van der Waals surface area (Å²) in [7, 11) is 0. The topological polar surface area (TPSA) is 98.8 Å². The summed E-state index contributed by atoms with van der Waals surface area (Å²) in [6.07, 6.45) is 5.36. The van der Waals surface area contributed by atoms with Gasteiger partial charge in [0.25, 0.3) is 5.56 Å². The Kier molecular flexibility index (Phi) is 3.89. The number of aromatic amines is 1. The van der Waals surface area contributed by atoms with Crippen LogP contribution in [0.4, 0.5) is 0 Å². The van der Waals surface area contributed by atoms with Crippen molar-refractivity contribution in [1.82, 2.24) is 24.7 Å². The van der Waals surface area contributed by atoms with Gasteiger partial charge in [-0.2, -0.15) is 5.10 Å². The summed E-state index contributed by atoms with van der Waals surface area (Å²) >= 11 is 0. The number of rotatable bonds is 3. The van der Waals surface area contributed by atoms with Crippen molar-refractivity contribution >= 4 is 11.0 Å². The summed E-state index contributed by atoms with van der Waals surface area (Å²) in [6, 6.07) is 0.229. The van der Waals surface area contributed by atoms with Crippen molar-refractivity contribution in [1.29, 1.82) is 0 Å². The van der Waals surface area contributed by atoms with Gasteiger partial charge >= 0.3 is 0 Å². The second-order valence-corrected chi connectivity index (χ2v) is 7.61. The summed E-state index contributed by atoms with van der Waals surface area (Å²) in [5.41, 5.74) is 1.47. The van der Waals surface area contributed by atoms with E-state index in [0.29, 0.717) is 16.9 Å². The predicted octanol–water partition coefficient (Wildman–Crippen LogP) is 2.74. The standard InChI is InChI=1S/C19H23N5O3/c1-10-11(2)27-19(21-10)14-4-3-13(14)16-22-17-15(18(25)23-16)9-20-24(17)12-5-7-26-8-6-12/h9,12-14H,3-8H2,1-2H3,(H,22,23,25)/t13?,14-/m1/s1. The molecule has 1 saturated carbocycles. The molecule has 8 heteroatoms. The van der Waals surface area contributed by atoms with Crippen LogP contribution >= 0.6 is 0 Å². The highest BCUT2D eigenvalue weighted by Crippen LogP contribution is 2.47. The predicted molar refractivity (Wildman–Crippen MR) is 97.9 cm³/mol. The second kappa shape index (κ2) is 6.30. The molecular formula is C19H23N5O3. The molecule has 2 fully saturated rings. The molecule has 0 aromatic carbocycles. The molecule has 1 aliphatic heterocycles. The quantitative estimate of drug-likeness (QED) is 0.762. The molecule has 142 valence electrons. The van der Waals surface area contributed by atoms with E-state index in [-0.39, 0.29) is 23.4 Å². The van der Waals surface area contributed by atoms with E-state index >= 15 is 0 Å². The molecule has 1 saturated heterocycles. The van der Waals surface area contributed by atoms with Crippen LogP contribution in [-0.2, 0) is 4.74 Å². The smallest absolute Gasteiger partial charge is 0.262 e.